The summed E-state index contributed by atoms with van der Waals surface area (Å²) in [5.41, 5.74) is 3.63. The summed E-state index contributed by atoms with van der Waals surface area (Å²) >= 11 is 5.76. The molecule has 0 aliphatic carbocycles. The summed E-state index contributed by atoms with van der Waals surface area (Å²) in [6.07, 6.45) is 5.26. The molecule has 2 aliphatic rings. The van der Waals surface area contributed by atoms with Crippen LogP contribution in [0.1, 0.15) is 31.2 Å². The van der Waals surface area contributed by atoms with Crippen LogP contribution in [-0.2, 0) is 5.88 Å². The highest BCUT2D eigenvalue weighted by Crippen LogP contribution is 2.26. The Morgan fingerprint density at radius 3 is 2.27 bits per heavy atom. The largest absolute Gasteiger partial charge is 0.371 e. The number of aromatic nitrogens is 1. The average Bonchev–Trinajstić information content (AvgIpc) is 3.23. The minimum Gasteiger partial charge on any atom is -0.371 e. The average molecular weight is 372 g/mol. The second kappa shape index (κ2) is 7.85. The van der Waals surface area contributed by atoms with E-state index in [1.54, 1.807) is 6.07 Å². The van der Waals surface area contributed by atoms with Gasteiger partial charge in [0.15, 0.2) is 0 Å². The van der Waals surface area contributed by atoms with Crippen LogP contribution >= 0.6 is 11.6 Å². The zero-order valence-electron chi connectivity index (χ0n) is 15.1. The van der Waals surface area contributed by atoms with Crippen molar-refractivity contribution in [3.63, 3.8) is 0 Å². The number of benzene rings is 1. The van der Waals surface area contributed by atoms with E-state index in [-0.39, 0.29) is 11.4 Å². The van der Waals surface area contributed by atoms with Crippen molar-refractivity contribution in [2.24, 2.45) is 0 Å². The quantitative estimate of drug-likeness (QED) is 0.830. The topological polar surface area (TPSA) is 39.3 Å². The molecular formula is C21H26ClN3O. The third-order valence-corrected chi connectivity index (χ3v) is 6.09. The summed E-state index contributed by atoms with van der Waals surface area (Å²) < 4.78 is 0. The molecule has 0 bridgehead atoms. The Balaban J connectivity index is 1.42. The highest BCUT2D eigenvalue weighted by molar-refractivity contribution is 6.17. The van der Waals surface area contributed by atoms with E-state index in [9.17, 15) is 4.79 Å². The molecule has 2 aliphatic heterocycles. The number of anilines is 1. The molecule has 1 aromatic heterocycles. The Morgan fingerprint density at radius 2 is 1.65 bits per heavy atom. The highest BCUT2D eigenvalue weighted by atomic mass is 35.5. The summed E-state index contributed by atoms with van der Waals surface area (Å²) in [6, 6.07) is 13.0. The smallest absolute Gasteiger partial charge is 0.252 e. The van der Waals surface area contributed by atoms with Crippen molar-refractivity contribution >= 4 is 17.3 Å². The molecule has 0 radical (unpaired) electrons. The van der Waals surface area contributed by atoms with Crippen LogP contribution in [0.5, 0.6) is 0 Å². The molecule has 2 saturated heterocycles. The number of nitrogens with zero attached hydrogens (tertiary/aromatic N) is 2. The van der Waals surface area contributed by atoms with E-state index in [0.29, 0.717) is 5.56 Å². The van der Waals surface area contributed by atoms with Gasteiger partial charge in [-0.15, -0.1) is 11.6 Å². The summed E-state index contributed by atoms with van der Waals surface area (Å²) in [5, 5.41) is 0. The van der Waals surface area contributed by atoms with Crippen molar-refractivity contribution in [3.8, 4) is 11.3 Å². The number of likely N-dealkylation sites (tertiary alicyclic amines) is 1. The van der Waals surface area contributed by atoms with Crippen LogP contribution in [0.3, 0.4) is 0 Å². The second-order valence-corrected chi connectivity index (χ2v) is 7.64. The molecule has 138 valence electrons. The Kier molecular flexibility index (Phi) is 5.32. The predicted molar refractivity (Wildman–Crippen MR) is 108 cm³/mol. The van der Waals surface area contributed by atoms with E-state index in [0.717, 1.165) is 30.4 Å². The van der Waals surface area contributed by atoms with Gasteiger partial charge in [0.05, 0.1) is 5.88 Å². The lowest BCUT2D eigenvalue weighted by Crippen LogP contribution is -2.43. The molecule has 0 spiro atoms. The standard InChI is InChI=1S/C21H26ClN3O/c22-15-17-5-8-20(23-21(17)26)16-3-6-18(7-4-16)25-13-9-19(10-14-25)24-11-1-2-12-24/h3-8,19H,1-2,9-15H2,(H,23,26). The monoisotopic (exact) mass is 371 g/mol. The van der Waals surface area contributed by atoms with Gasteiger partial charge in [0.1, 0.15) is 0 Å². The van der Waals surface area contributed by atoms with Gasteiger partial charge in [0, 0.05) is 36.1 Å². The van der Waals surface area contributed by atoms with Crippen LogP contribution in [-0.4, -0.2) is 42.1 Å². The van der Waals surface area contributed by atoms with Crippen molar-refractivity contribution < 1.29 is 0 Å². The van der Waals surface area contributed by atoms with Crippen LogP contribution in [0.4, 0.5) is 5.69 Å². The molecule has 0 amide bonds. The zero-order valence-corrected chi connectivity index (χ0v) is 15.8. The number of aromatic amines is 1. The molecule has 0 unspecified atom stereocenters. The molecule has 1 N–H and O–H groups in total. The third kappa shape index (κ3) is 3.67. The minimum atomic E-state index is -0.106. The summed E-state index contributed by atoms with van der Waals surface area (Å²) in [5.74, 6) is 0.238. The number of piperidine rings is 1. The Morgan fingerprint density at radius 1 is 0.962 bits per heavy atom. The first kappa shape index (κ1) is 17.6. The Hall–Kier alpha value is -1.78. The van der Waals surface area contributed by atoms with Gasteiger partial charge in [-0.05, 0) is 62.5 Å². The van der Waals surface area contributed by atoms with Gasteiger partial charge < -0.3 is 14.8 Å². The number of nitrogens with one attached hydrogen (secondary N) is 1. The van der Waals surface area contributed by atoms with Crippen molar-refractivity contribution in [2.45, 2.75) is 37.6 Å². The molecule has 26 heavy (non-hydrogen) atoms. The molecule has 4 rings (SSSR count). The number of alkyl halides is 1. The van der Waals surface area contributed by atoms with Crippen LogP contribution in [0, 0.1) is 0 Å². The van der Waals surface area contributed by atoms with Crippen molar-refractivity contribution in [3.05, 3.63) is 52.3 Å². The van der Waals surface area contributed by atoms with Gasteiger partial charge in [-0.3, -0.25) is 4.79 Å². The fraction of sp³-hybridized carbons (Fsp3) is 0.476. The van der Waals surface area contributed by atoms with E-state index in [4.69, 9.17) is 11.6 Å². The maximum atomic E-state index is 11.9. The minimum absolute atomic E-state index is 0.106. The van der Waals surface area contributed by atoms with E-state index in [1.807, 2.05) is 6.07 Å². The number of pyridine rings is 1. The first-order valence-electron chi connectivity index (χ1n) is 9.62. The van der Waals surface area contributed by atoms with Gasteiger partial charge in [-0.1, -0.05) is 18.2 Å². The van der Waals surface area contributed by atoms with E-state index >= 15 is 0 Å². The molecule has 1 aromatic carbocycles. The van der Waals surface area contributed by atoms with Gasteiger partial charge >= 0.3 is 0 Å². The van der Waals surface area contributed by atoms with Crippen molar-refractivity contribution in [1.29, 1.82) is 0 Å². The SMILES string of the molecule is O=c1[nH]c(-c2ccc(N3CCC(N4CCCC4)CC3)cc2)ccc1CCl. The maximum absolute atomic E-state index is 11.9. The first-order chi connectivity index (χ1) is 12.7. The third-order valence-electron chi connectivity index (χ3n) is 5.80. The van der Waals surface area contributed by atoms with E-state index < -0.39 is 0 Å². The number of H-pyrrole nitrogens is 1. The summed E-state index contributed by atoms with van der Waals surface area (Å²) in [6.45, 7) is 4.84. The number of hydrogen-bond acceptors (Lipinski definition) is 3. The molecule has 5 heteroatoms. The van der Waals surface area contributed by atoms with Crippen molar-refractivity contribution in [1.82, 2.24) is 9.88 Å². The lowest BCUT2D eigenvalue weighted by molar-refractivity contribution is 0.208. The van der Waals surface area contributed by atoms with Crippen LogP contribution in [0.15, 0.2) is 41.2 Å². The molecule has 0 atom stereocenters. The first-order valence-corrected chi connectivity index (χ1v) is 10.2. The molecular weight excluding hydrogens is 346 g/mol. The number of halogens is 1. The summed E-state index contributed by atoms with van der Waals surface area (Å²) in [7, 11) is 0. The van der Waals surface area contributed by atoms with Gasteiger partial charge in [-0.25, -0.2) is 0 Å². The van der Waals surface area contributed by atoms with Gasteiger partial charge in [-0.2, -0.15) is 0 Å². The Bertz CT molecular complexity index is 788. The fourth-order valence-electron chi connectivity index (χ4n) is 4.23. The molecule has 4 nitrogen and oxygen atoms in total. The number of rotatable bonds is 4. The maximum Gasteiger partial charge on any atom is 0.252 e. The normalized spacial score (nSPS) is 19.2. The zero-order chi connectivity index (χ0) is 17.9. The number of hydrogen-bond donors (Lipinski definition) is 1. The predicted octanol–water partition coefficient (Wildman–Crippen LogP) is 3.85. The molecule has 3 heterocycles. The van der Waals surface area contributed by atoms with Crippen molar-refractivity contribution in [2.75, 3.05) is 31.1 Å². The van der Waals surface area contributed by atoms with E-state index in [2.05, 4.69) is 39.0 Å². The lowest BCUT2D eigenvalue weighted by Gasteiger charge is -2.37. The summed E-state index contributed by atoms with van der Waals surface area (Å²) in [4.78, 5) is 20.0. The molecule has 2 aromatic rings. The van der Waals surface area contributed by atoms with Gasteiger partial charge in [0.25, 0.3) is 5.56 Å². The highest BCUT2D eigenvalue weighted by Gasteiger charge is 2.26. The second-order valence-electron chi connectivity index (χ2n) is 7.37. The molecule has 0 saturated carbocycles. The van der Waals surface area contributed by atoms with Crippen LogP contribution in [0.25, 0.3) is 11.3 Å². The molecule has 2 fully saturated rings. The fourth-order valence-corrected chi connectivity index (χ4v) is 4.44. The van der Waals surface area contributed by atoms with Crippen LogP contribution < -0.4 is 10.5 Å². The van der Waals surface area contributed by atoms with Crippen LogP contribution in [0.2, 0.25) is 0 Å². The lowest BCUT2D eigenvalue weighted by atomic mass is 10.0. The Labute approximate surface area is 159 Å². The van der Waals surface area contributed by atoms with E-state index in [1.165, 1.54) is 44.5 Å². The van der Waals surface area contributed by atoms with Gasteiger partial charge in [0.2, 0.25) is 0 Å².